The molecule has 0 aliphatic rings. The van der Waals surface area contributed by atoms with Crippen LogP contribution in [-0.4, -0.2) is 13.5 Å². The molecule has 0 saturated heterocycles. The Bertz CT molecular complexity index is 913. The van der Waals surface area contributed by atoms with Gasteiger partial charge in [0.05, 0.1) is 4.90 Å². The molecule has 3 aromatic carbocycles. The highest BCUT2D eigenvalue weighted by atomic mass is 32.2. The number of phenols is 1. The smallest absolute Gasteiger partial charge is 0.210 e. The van der Waals surface area contributed by atoms with E-state index in [-0.39, 0.29) is 15.5 Å². The first-order valence-electron chi connectivity index (χ1n) is 6.53. The van der Waals surface area contributed by atoms with Gasteiger partial charge in [-0.2, -0.15) is 0 Å². The van der Waals surface area contributed by atoms with Crippen LogP contribution in [0.2, 0.25) is 0 Å². The maximum Gasteiger partial charge on any atom is 0.210 e. The fraction of sp³-hybridized carbons (Fsp3) is 0.0588. The minimum absolute atomic E-state index is 0.0510. The molecular formula is C17H14O3S. The summed E-state index contributed by atoms with van der Waals surface area (Å²) in [6.07, 6.45) is 0. The Morgan fingerprint density at radius 3 is 2.24 bits per heavy atom. The van der Waals surface area contributed by atoms with Crippen LogP contribution in [0.1, 0.15) is 5.56 Å². The lowest BCUT2D eigenvalue weighted by Gasteiger charge is -2.11. The molecular weight excluding hydrogens is 284 g/mol. The second-order valence-electron chi connectivity index (χ2n) is 4.89. The van der Waals surface area contributed by atoms with E-state index in [9.17, 15) is 13.5 Å². The number of hydrogen-bond acceptors (Lipinski definition) is 3. The molecule has 3 nitrogen and oxygen atoms in total. The van der Waals surface area contributed by atoms with Gasteiger partial charge < -0.3 is 5.11 Å². The van der Waals surface area contributed by atoms with Gasteiger partial charge in [0, 0.05) is 0 Å². The zero-order chi connectivity index (χ0) is 15.0. The highest BCUT2D eigenvalue weighted by Gasteiger charge is 2.23. The van der Waals surface area contributed by atoms with Crippen molar-refractivity contribution in [1.82, 2.24) is 0 Å². The minimum atomic E-state index is -3.73. The first-order valence-corrected chi connectivity index (χ1v) is 8.01. The summed E-state index contributed by atoms with van der Waals surface area (Å²) in [5, 5.41) is 12.0. The van der Waals surface area contributed by atoms with Crippen molar-refractivity contribution >= 4 is 20.6 Å². The van der Waals surface area contributed by atoms with Crippen LogP contribution in [0.4, 0.5) is 0 Å². The van der Waals surface area contributed by atoms with E-state index in [1.165, 1.54) is 18.2 Å². The monoisotopic (exact) mass is 298 g/mol. The van der Waals surface area contributed by atoms with Crippen LogP contribution in [0.3, 0.4) is 0 Å². The fourth-order valence-corrected chi connectivity index (χ4v) is 3.88. The number of rotatable bonds is 2. The van der Waals surface area contributed by atoms with Gasteiger partial charge in [0.25, 0.3) is 0 Å². The topological polar surface area (TPSA) is 54.4 Å². The quantitative estimate of drug-likeness (QED) is 0.785. The maximum absolute atomic E-state index is 12.7. The summed E-state index contributed by atoms with van der Waals surface area (Å²) in [4.78, 5) is 0.125. The normalized spacial score (nSPS) is 11.7. The summed E-state index contributed by atoms with van der Waals surface area (Å²) < 4.78 is 25.4. The molecule has 3 rings (SSSR count). The lowest BCUT2D eigenvalue weighted by atomic mass is 10.0. The van der Waals surface area contributed by atoms with Gasteiger partial charge in [-0.25, -0.2) is 8.42 Å². The van der Waals surface area contributed by atoms with Gasteiger partial charge in [-0.1, -0.05) is 42.5 Å². The van der Waals surface area contributed by atoms with Crippen molar-refractivity contribution in [2.75, 3.05) is 0 Å². The zero-order valence-corrected chi connectivity index (χ0v) is 12.3. The molecule has 0 amide bonds. The summed E-state index contributed by atoms with van der Waals surface area (Å²) >= 11 is 0. The van der Waals surface area contributed by atoms with E-state index in [0.29, 0.717) is 5.56 Å². The molecule has 0 saturated carbocycles. The number of sulfone groups is 1. The van der Waals surface area contributed by atoms with E-state index in [2.05, 4.69) is 0 Å². The number of aryl methyl sites for hydroxylation is 1. The average Bonchev–Trinajstić information content (AvgIpc) is 2.51. The molecule has 1 N–H and O–H groups in total. The Hall–Kier alpha value is -2.33. The SMILES string of the molecule is Cc1c(O)c(S(=O)(=O)c2ccccc2)cc2ccccc12. The molecule has 0 aliphatic heterocycles. The predicted octanol–water partition coefficient (Wildman–Crippen LogP) is 3.69. The lowest BCUT2D eigenvalue weighted by Crippen LogP contribution is -2.03. The highest BCUT2D eigenvalue weighted by Crippen LogP contribution is 2.36. The maximum atomic E-state index is 12.7. The molecule has 0 unspecified atom stereocenters. The summed E-state index contributed by atoms with van der Waals surface area (Å²) in [7, 11) is -3.73. The number of phenolic OH excluding ortho intramolecular Hbond substituents is 1. The average molecular weight is 298 g/mol. The second-order valence-corrected chi connectivity index (χ2v) is 6.80. The van der Waals surface area contributed by atoms with Crippen molar-refractivity contribution in [3.05, 3.63) is 66.2 Å². The Balaban J connectivity index is 2.33. The molecule has 3 aromatic rings. The standard InChI is InChI=1S/C17H14O3S/c1-12-15-10-6-5-7-13(15)11-16(17(12)18)21(19,20)14-8-3-2-4-9-14/h2-11,18H,1H3. The van der Waals surface area contributed by atoms with Gasteiger partial charge in [-0.15, -0.1) is 0 Å². The van der Waals surface area contributed by atoms with Crippen molar-refractivity contribution in [2.45, 2.75) is 16.7 Å². The molecule has 0 heterocycles. The Morgan fingerprint density at radius 1 is 0.905 bits per heavy atom. The van der Waals surface area contributed by atoms with E-state index in [1.807, 2.05) is 24.3 Å². The van der Waals surface area contributed by atoms with Crippen molar-refractivity contribution < 1.29 is 13.5 Å². The summed E-state index contributed by atoms with van der Waals surface area (Å²) in [5.74, 6) is -0.183. The van der Waals surface area contributed by atoms with E-state index in [0.717, 1.165) is 10.8 Å². The second kappa shape index (κ2) is 4.90. The van der Waals surface area contributed by atoms with Crippen molar-refractivity contribution in [2.24, 2.45) is 0 Å². The summed E-state index contributed by atoms with van der Waals surface area (Å²) in [6, 6.07) is 17.1. The predicted molar refractivity (Wildman–Crippen MR) is 82.2 cm³/mol. The number of aromatic hydroxyl groups is 1. The Kier molecular flexibility index (Phi) is 3.18. The van der Waals surface area contributed by atoms with Crippen molar-refractivity contribution in [3.63, 3.8) is 0 Å². The number of benzene rings is 3. The van der Waals surface area contributed by atoms with Gasteiger partial charge in [-0.05, 0) is 41.5 Å². The third-order valence-corrected chi connectivity index (χ3v) is 5.37. The molecule has 0 atom stereocenters. The highest BCUT2D eigenvalue weighted by molar-refractivity contribution is 7.91. The van der Waals surface area contributed by atoms with Crippen LogP contribution in [0.15, 0.2) is 70.5 Å². The van der Waals surface area contributed by atoms with Gasteiger partial charge in [0.15, 0.2) is 0 Å². The zero-order valence-electron chi connectivity index (χ0n) is 11.4. The van der Waals surface area contributed by atoms with Crippen LogP contribution in [-0.2, 0) is 9.84 Å². The van der Waals surface area contributed by atoms with Gasteiger partial charge >= 0.3 is 0 Å². The first kappa shape index (κ1) is 13.6. The van der Waals surface area contributed by atoms with Crippen LogP contribution in [0.25, 0.3) is 10.8 Å². The Morgan fingerprint density at radius 2 is 1.52 bits per heavy atom. The number of hydrogen-bond donors (Lipinski definition) is 1. The molecule has 106 valence electrons. The van der Waals surface area contributed by atoms with E-state index >= 15 is 0 Å². The molecule has 0 bridgehead atoms. The molecule has 0 radical (unpaired) electrons. The number of fused-ring (bicyclic) bond motifs is 1. The molecule has 4 heteroatoms. The van der Waals surface area contributed by atoms with Crippen molar-refractivity contribution in [3.8, 4) is 5.75 Å². The van der Waals surface area contributed by atoms with Crippen LogP contribution in [0, 0.1) is 6.92 Å². The van der Waals surface area contributed by atoms with Crippen LogP contribution < -0.4 is 0 Å². The van der Waals surface area contributed by atoms with Crippen LogP contribution >= 0.6 is 0 Å². The van der Waals surface area contributed by atoms with Crippen LogP contribution in [0.5, 0.6) is 5.75 Å². The first-order chi connectivity index (χ1) is 10.0. The molecule has 21 heavy (non-hydrogen) atoms. The molecule has 0 aromatic heterocycles. The van der Waals surface area contributed by atoms with Gasteiger partial charge in [0.1, 0.15) is 10.6 Å². The minimum Gasteiger partial charge on any atom is -0.506 e. The Labute approximate surface area is 123 Å². The summed E-state index contributed by atoms with van der Waals surface area (Å²) in [5.41, 5.74) is 0.572. The lowest BCUT2D eigenvalue weighted by molar-refractivity contribution is 0.456. The fourth-order valence-electron chi connectivity index (χ4n) is 2.42. The van der Waals surface area contributed by atoms with E-state index < -0.39 is 9.84 Å². The van der Waals surface area contributed by atoms with Gasteiger partial charge in [-0.3, -0.25) is 0 Å². The summed E-state index contributed by atoms with van der Waals surface area (Å²) in [6.45, 7) is 1.72. The third-order valence-electron chi connectivity index (χ3n) is 3.58. The largest absolute Gasteiger partial charge is 0.506 e. The molecule has 0 fully saturated rings. The van der Waals surface area contributed by atoms with Gasteiger partial charge in [0.2, 0.25) is 9.84 Å². The molecule has 0 aliphatic carbocycles. The van der Waals surface area contributed by atoms with Crippen molar-refractivity contribution in [1.29, 1.82) is 0 Å². The van der Waals surface area contributed by atoms with E-state index in [1.54, 1.807) is 25.1 Å². The molecule has 0 spiro atoms. The third kappa shape index (κ3) is 2.17. The van der Waals surface area contributed by atoms with E-state index in [4.69, 9.17) is 0 Å².